The molecule has 21 heavy (non-hydrogen) atoms. The van der Waals surface area contributed by atoms with Gasteiger partial charge in [0.25, 0.3) is 5.91 Å². The van der Waals surface area contributed by atoms with Gasteiger partial charge in [-0.1, -0.05) is 6.07 Å². The molecule has 5 nitrogen and oxygen atoms in total. The fourth-order valence-electron chi connectivity index (χ4n) is 2.99. The number of fused-ring (bicyclic) bond motifs is 1. The zero-order chi connectivity index (χ0) is 14.8. The molecule has 1 fully saturated rings. The second-order valence-electron chi connectivity index (χ2n) is 5.87. The van der Waals surface area contributed by atoms with Crippen LogP contribution in [0.25, 0.3) is 0 Å². The third-order valence-electron chi connectivity index (χ3n) is 4.12. The summed E-state index contributed by atoms with van der Waals surface area (Å²) in [5, 5.41) is 2.78. The molecule has 0 radical (unpaired) electrons. The van der Waals surface area contributed by atoms with E-state index in [-0.39, 0.29) is 11.8 Å². The van der Waals surface area contributed by atoms with Gasteiger partial charge in [-0.05, 0) is 36.5 Å². The predicted molar refractivity (Wildman–Crippen MR) is 79.3 cm³/mol. The Morgan fingerprint density at radius 1 is 1.48 bits per heavy atom. The van der Waals surface area contributed by atoms with Crippen molar-refractivity contribution in [2.24, 2.45) is 5.92 Å². The lowest BCUT2D eigenvalue weighted by Gasteiger charge is -2.27. The van der Waals surface area contributed by atoms with Crippen LogP contribution in [0.3, 0.4) is 0 Å². The van der Waals surface area contributed by atoms with Crippen molar-refractivity contribution in [1.82, 2.24) is 4.90 Å². The number of carbonyl (C=O) groups excluding carboxylic acids is 2. The quantitative estimate of drug-likeness (QED) is 0.920. The largest absolute Gasteiger partial charge is 0.381 e. The van der Waals surface area contributed by atoms with E-state index in [1.54, 1.807) is 17.0 Å². The van der Waals surface area contributed by atoms with Gasteiger partial charge in [0, 0.05) is 31.5 Å². The predicted octanol–water partition coefficient (Wildman–Crippen LogP) is 1.68. The summed E-state index contributed by atoms with van der Waals surface area (Å²) in [5.41, 5.74) is 2.34. The first-order valence-corrected chi connectivity index (χ1v) is 7.39. The van der Waals surface area contributed by atoms with E-state index in [1.807, 2.05) is 13.1 Å². The van der Waals surface area contributed by atoms with Crippen LogP contribution in [0, 0.1) is 5.92 Å². The molecular formula is C16H20N2O3. The van der Waals surface area contributed by atoms with Gasteiger partial charge in [0.2, 0.25) is 5.91 Å². The number of nitrogens with one attached hydrogen (secondary N) is 1. The summed E-state index contributed by atoms with van der Waals surface area (Å²) < 4.78 is 5.46. The van der Waals surface area contributed by atoms with Gasteiger partial charge >= 0.3 is 0 Å². The molecule has 5 heteroatoms. The van der Waals surface area contributed by atoms with Gasteiger partial charge in [0.15, 0.2) is 0 Å². The van der Waals surface area contributed by atoms with Crippen LogP contribution in [0.5, 0.6) is 0 Å². The van der Waals surface area contributed by atoms with Gasteiger partial charge < -0.3 is 15.0 Å². The number of rotatable bonds is 3. The van der Waals surface area contributed by atoms with Crippen molar-refractivity contribution in [3.8, 4) is 0 Å². The zero-order valence-electron chi connectivity index (χ0n) is 12.2. The summed E-state index contributed by atoms with van der Waals surface area (Å²) in [6, 6.07) is 5.43. The molecule has 0 aliphatic carbocycles. The molecule has 3 rings (SSSR count). The average molecular weight is 288 g/mol. The van der Waals surface area contributed by atoms with Crippen molar-refractivity contribution in [3.63, 3.8) is 0 Å². The molecule has 2 heterocycles. The Hall–Kier alpha value is -1.88. The number of ether oxygens (including phenoxy) is 1. The third-order valence-corrected chi connectivity index (χ3v) is 4.12. The van der Waals surface area contributed by atoms with E-state index in [0.29, 0.717) is 24.4 Å². The summed E-state index contributed by atoms with van der Waals surface area (Å²) in [4.78, 5) is 25.6. The van der Waals surface area contributed by atoms with E-state index in [0.717, 1.165) is 37.3 Å². The maximum Gasteiger partial charge on any atom is 0.253 e. The van der Waals surface area contributed by atoms with Crippen LogP contribution in [0.4, 0.5) is 5.69 Å². The van der Waals surface area contributed by atoms with Gasteiger partial charge in [0.05, 0.1) is 13.0 Å². The van der Waals surface area contributed by atoms with Crippen LogP contribution in [0.2, 0.25) is 0 Å². The lowest BCUT2D eigenvalue weighted by atomic mass is 10.0. The first-order valence-electron chi connectivity index (χ1n) is 7.39. The van der Waals surface area contributed by atoms with Gasteiger partial charge in [-0.15, -0.1) is 0 Å². The van der Waals surface area contributed by atoms with Crippen molar-refractivity contribution >= 4 is 17.5 Å². The van der Waals surface area contributed by atoms with Crippen molar-refractivity contribution in [2.45, 2.75) is 19.3 Å². The van der Waals surface area contributed by atoms with E-state index >= 15 is 0 Å². The molecule has 1 aromatic carbocycles. The Kier molecular flexibility index (Phi) is 3.92. The number of anilines is 1. The Labute approximate surface area is 124 Å². The molecular weight excluding hydrogens is 268 g/mol. The highest BCUT2D eigenvalue weighted by Gasteiger charge is 2.22. The summed E-state index contributed by atoms with van der Waals surface area (Å²) in [5.74, 6) is 0.397. The first kappa shape index (κ1) is 14.1. The van der Waals surface area contributed by atoms with Crippen LogP contribution in [0.15, 0.2) is 18.2 Å². The smallest absolute Gasteiger partial charge is 0.253 e. The molecule has 0 bridgehead atoms. The molecule has 1 saturated heterocycles. The minimum atomic E-state index is -0.0118. The molecule has 0 aromatic heterocycles. The molecule has 1 unspecified atom stereocenters. The standard InChI is InChI=1S/C16H20N2O3/c1-18(9-11-3-2-6-21-10-11)16(20)13-5-4-12-8-15(19)17-14(12)7-13/h4-5,7,11H,2-3,6,8-10H2,1H3,(H,17,19). The fraction of sp³-hybridized carbons (Fsp3) is 0.500. The lowest BCUT2D eigenvalue weighted by molar-refractivity contribution is -0.115. The second kappa shape index (κ2) is 5.85. The number of benzene rings is 1. The molecule has 1 atom stereocenters. The Balaban J connectivity index is 1.67. The van der Waals surface area contributed by atoms with Crippen molar-refractivity contribution in [2.75, 3.05) is 32.1 Å². The van der Waals surface area contributed by atoms with Crippen LogP contribution < -0.4 is 5.32 Å². The van der Waals surface area contributed by atoms with Crippen molar-refractivity contribution < 1.29 is 14.3 Å². The van der Waals surface area contributed by atoms with Crippen LogP contribution in [-0.4, -0.2) is 43.5 Å². The van der Waals surface area contributed by atoms with E-state index in [4.69, 9.17) is 4.74 Å². The van der Waals surface area contributed by atoms with Crippen molar-refractivity contribution in [1.29, 1.82) is 0 Å². The zero-order valence-corrected chi connectivity index (χ0v) is 12.2. The van der Waals surface area contributed by atoms with E-state index in [2.05, 4.69) is 5.32 Å². The molecule has 1 N–H and O–H groups in total. The van der Waals surface area contributed by atoms with E-state index in [9.17, 15) is 9.59 Å². The number of nitrogens with zero attached hydrogens (tertiary/aromatic N) is 1. The minimum Gasteiger partial charge on any atom is -0.381 e. The molecule has 112 valence electrons. The summed E-state index contributed by atoms with van der Waals surface area (Å²) in [6.07, 6.45) is 2.58. The molecule has 0 spiro atoms. The minimum absolute atomic E-state index is 0.00970. The molecule has 2 amide bonds. The topological polar surface area (TPSA) is 58.6 Å². The van der Waals surface area contributed by atoms with Gasteiger partial charge in [-0.2, -0.15) is 0 Å². The Morgan fingerprint density at radius 3 is 3.10 bits per heavy atom. The normalized spacial score (nSPS) is 20.8. The Morgan fingerprint density at radius 2 is 2.33 bits per heavy atom. The summed E-state index contributed by atoms with van der Waals surface area (Å²) in [7, 11) is 1.82. The lowest BCUT2D eigenvalue weighted by Crippen LogP contribution is -2.35. The van der Waals surface area contributed by atoms with Gasteiger partial charge in [-0.25, -0.2) is 0 Å². The molecule has 2 aliphatic rings. The molecule has 1 aromatic rings. The van der Waals surface area contributed by atoms with E-state index < -0.39 is 0 Å². The maximum atomic E-state index is 12.5. The van der Waals surface area contributed by atoms with Crippen LogP contribution in [0.1, 0.15) is 28.8 Å². The van der Waals surface area contributed by atoms with Crippen molar-refractivity contribution in [3.05, 3.63) is 29.3 Å². The van der Waals surface area contributed by atoms with Crippen LogP contribution >= 0.6 is 0 Å². The summed E-state index contributed by atoms with van der Waals surface area (Å²) >= 11 is 0. The third kappa shape index (κ3) is 3.08. The average Bonchev–Trinajstić information content (AvgIpc) is 2.86. The van der Waals surface area contributed by atoms with Gasteiger partial charge in [0.1, 0.15) is 0 Å². The highest BCUT2D eigenvalue weighted by Crippen LogP contribution is 2.25. The van der Waals surface area contributed by atoms with Crippen LogP contribution in [-0.2, 0) is 16.0 Å². The number of hydrogen-bond acceptors (Lipinski definition) is 3. The Bertz CT molecular complexity index is 565. The number of hydrogen-bond donors (Lipinski definition) is 1. The van der Waals surface area contributed by atoms with E-state index in [1.165, 1.54) is 0 Å². The first-order chi connectivity index (χ1) is 10.1. The molecule has 0 saturated carbocycles. The SMILES string of the molecule is CN(CC1CCCOC1)C(=O)c1ccc2c(c1)NC(=O)C2. The number of carbonyl (C=O) groups is 2. The van der Waals surface area contributed by atoms with Gasteiger partial charge in [-0.3, -0.25) is 9.59 Å². The number of amides is 2. The second-order valence-corrected chi connectivity index (χ2v) is 5.87. The monoisotopic (exact) mass is 288 g/mol. The highest BCUT2D eigenvalue weighted by atomic mass is 16.5. The summed E-state index contributed by atoms with van der Waals surface area (Å²) in [6.45, 7) is 2.28. The maximum absolute atomic E-state index is 12.5. The highest BCUT2D eigenvalue weighted by molar-refractivity contribution is 6.02. The fourth-order valence-corrected chi connectivity index (χ4v) is 2.99. The molecule has 2 aliphatic heterocycles.